The van der Waals surface area contributed by atoms with Crippen molar-refractivity contribution in [2.75, 3.05) is 0 Å². The van der Waals surface area contributed by atoms with Gasteiger partial charge in [-0.05, 0) is 0 Å². The summed E-state index contributed by atoms with van der Waals surface area (Å²) in [7, 11) is 0. The molecule has 0 amide bonds. The summed E-state index contributed by atoms with van der Waals surface area (Å²) in [5.41, 5.74) is 0. The molecule has 0 radical (unpaired) electrons. The zero-order valence-electron chi connectivity index (χ0n) is 3.54. The monoisotopic (exact) mass is 168 g/mol. The van der Waals surface area contributed by atoms with Crippen LogP contribution in [0.4, 0.5) is 0 Å². The van der Waals surface area contributed by atoms with E-state index in [-0.39, 0.29) is 3.03 Å². The van der Waals surface area contributed by atoms with Crippen LogP contribution in [-0.4, -0.2) is 34.8 Å². The van der Waals surface area contributed by atoms with Crippen LogP contribution in [0.1, 0.15) is 0 Å². The van der Waals surface area contributed by atoms with E-state index in [1.165, 1.54) is 0 Å². The third kappa shape index (κ3) is 4.07. The number of carbonyl (C=O) groups is 1. The van der Waals surface area contributed by atoms with E-state index in [0.717, 1.165) is 0 Å². The zero-order valence-corrected chi connectivity index (χ0v) is 7.81. The molecule has 5 heteroatoms. The Morgan fingerprint density at radius 1 is 1.43 bits per heavy atom. The summed E-state index contributed by atoms with van der Waals surface area (Å²) in [6, 6.07) is 0. The molecular formula is C2Cl3NaO. The summed E-state index contributed by atoms with van der Waals surface area (Å²) in [5.74, 6) is 0. The summed E-state index contributed by atoms with van der Waals surface area (Å²) >= 11 is 15.5. The van der Waals surface area contributed by atoms with E-state index in [4.69, 9.17) is 34.8 Å². The van der Waals surface area contributed by atoms with Crippen LogP contribution in [0.3, 0.4) is 0 Å². The van der Waals surface area contributed by atoms with Gasteiger partial charge in [0.05, 0.1) is 0 Å². The summed E-state index contributed by atoms with van der Waals surface area (Å²) in [4.78, 5) is 10.1. The Kier molecular flexibility index (Phi) is 3.54. The molecule has 36 valence electrons. The molecule has 0 aromatic rings. The van der Waals surface area contributed by atoms with Crippen molar-refractivity contribution in [2.24, 2.45) is 0 Å². The molecular weight excluding hydrogens is 169 g/mol. The zero-order chi connectivity index (χ0) is 6.08. The van der Waals surface area contributed by atoms with Crippen LogP contribution in [-0.2, 0) is 4.79 Å². The van der Waals surface area contributed by atoms with Crippen molar-refractivity contribution in [2.45, 2.75) is 3.79 Å². The van der Waals surface area contributed by atoms with E-state index >= 15 is 0 Å². The molecule has 0 aliphatic carbocycles. The summed E-state index contributed by atoms with van der Waals surface area (Å²) in [6.45, 7) is 0. The van der Waals surface area contributed by atoms with E-state index in [1.54, 1.807) is 0 Å². The van der Waals surface area contributed by atoms with E-state index in [0.29, 0.717) is 27.9 Å². The van der Waals surface area contributed by atoms with Crippen LogP contribution in [0, 0.1) is 0 Å². The Morgan fingerprint density at radius 2 is 1.57 bits per heavy atom. The fourth-order valence-corrected chi connectivity index (χ4v) is 0. The molecule has 0 N–H and O–H groups in total. The quantitative estimate of drug-likeness (QED) is 0.391. The minimum absolute atomic E-state index is 0.293. The Balaban J connectivity index is 3.79. The SMILES string of the molecule is O=[C]([Na])C(Cl)(Cl)Cl. The summed E-state index contributed by atoms with van der Waals surface area (Å²) in [6.07, 6.45) is 0. The van der Waals surface area contributed by atoms with Crippen molar-refractivity contribution < 1.29 is 4.79 Å². The molecule has 0 spiro atoms. The molecule has 0 saturated heterocycles. The van der Waals surface area contributed by atoms with Crippen LogP contribution < -0.4 is 0 Å². The first-order valence-corrected chi connectivity index (χ1v) is 3.65. The van der Waals surface area contributed by atoms with Crippen molar-refractivity contribution in [3.05, 3.63) is 0 Å². The van der Waals surface area contributed by atoms with E-state index in [2.05, 4.69) is 0 Å². The molecule has 1 nitrogen and oxygen atoms in total. The molecule has 7 heavy (non-hydrogen) atoms. The molecule has 0 aromatic heterocycles. The van der Waals surface area contributed by atoms with Crippen LogP contribution in [0.5, 0.6) is 0 Å². The molecule has 0 heterocycles. The van der Waals surface area contributed by atoms with Crippen molar-refractivity contribution in [3.63, 3.8) is 0 Å². The molecule has 0 aliphatic rings. The van der Waals surface area contributed by atoms with E-state index in [1.807, 2.05) is 0 Å². The van der Waals surface area contributed by atoms with Gasteiger partial charge in [0, 0.05) is 0 Å². The van der Waals surface area contributed by atoms with E-state index in [9.17, 15) is 4.79 Å². The Labute approximate surface area is 73.7 Å². The summed E-state index contributed by atoms with van der Waals surface area (Å²) < 4.78 is -1.98. The maximum atomic E-state index is 10.1. The van der Waals surface area contributed by atoms with Crippen LogP contribution in [0.2, 0.25) is 0 Å². The number of hydrogen-bond donors (Lipinski definition) is 0. The third-order valence-corrected chi connectivity index (χ3v) is 2.90. The van der Waals surface area contributed by atoms with Gasteiger partial charge in [-0.15, -0.1) is 0 Å². The first-order chi connectivity index (χ1) is 2.94. The minimum atomic E-state index is -1.66. The van der Waals surface area contributed by atoms with Gasteiger partial charge in [-0.1, -0.05) is 0 Å². The van der Waals surface area contributed by atoms with Crippen molar-refractivity contribution in [1.82, 2.24) is 0 Å². The second-order valence-electron chi connectivity index (χ2n) is 1.05. The molecule has 0 rings (SSSR count). The fraction of sp³-hybridized carbons (Fsp3) is 0.500. The second kappa shape index (κ2) is 2.90. The van der Waals surface area contributed by atoms with Crippen molar-refractivity contribution in [3.8, 4) is 0 Å². The number of hydrogen-bond acceptors (Lipinski definition) is 1. The standard InChI is InChI=1S/C2Cl3O.Na/c3-2(4,5)1-6;. The van der Waals surface area contributed by atoms with Crippen molar-refractivity contribution >= 4 is 65.8 Å². The Hall–Kier alpha value is 1.54. The van der Waals surface area contributed by atoms with Crippen LogP contribution in [0.25, 0.3) is 0 Å². The maximum absolute atomic E-state index is 10.1. The van der Waals surface area contributed by atoms with Crippen molar-refractivity contribution in [1.29, 1.82) is 0 Å². The van der Waals surface area contributed by atoms with Gasteiger partial charge < -0.3 is 0 Å². The Bertz CT molecular complexity index is 85.4. The van der Waals surface area contributed by atoms with Gasteiger partial charge in [0.15, 0.2) is 0 Å². The molecule has 0 fully saturated rings. The second-order valence-corrected chi connectivity index (χ2v) is 4.24. The first kappa shape index (κ1) is 8.54. The molecule has 0 aromatic carbocycles. The predicted molar refractivity (Wildman–Crippen MR) is 31.1 cm³/mol. The average Bonchev–Trinajstić information content (AvgIpc) is 1.31. The molecule has 0 saturated carbocycles. The topological polar surface area (TPSA) is 17.1 Å². The molecule has 0 unspecified atom stereocenters. The van der Waals surface area contributed by atoms with Gasteiger partial charge >= 0.3 is 74.4 Å². The van der Waals surface area contributed by atoms with Gasteiger partial charge in [0.25, 0.3) is 0 Å². The van der Waals surface area contributed by atoms with E-state index < -0.39 is 3.79 Å². The van der Waals surface area contributed by atoms with Gasteiger partial charge in [0.2, 0.25) is 0 Å². The van der Waals surface area contributed by atoms with Gasteiger partial charge in [0.1, 0.15) is 0 Å². The average molecular weight is 169 g/mol. The van der Waals surface area contributed by atoms with Gasteiger partial charge in [-0.3, -0.25) is 0 Å². The van der Waals surface area contributed by atoms with Crippen LogP contribution in [0.15, 0.2) is 0 Å². The fourth-order valence-electron chi connectivity index (χ4n) is 0. The number of alkyl halides is 3. The first-order valence-electron chi connectivity index (χ1n) is 1.52. The molecule has 0 atom stereocenters. The third-order valence-electron chi connectivity index (χ3n) is 0.399. The van der Waals surface area contributed by atoms with Gasteiger partial charge in [-0.25, -0.2) is 0 Å². The molecule has 0 bridgehead atoms. The van der Waals surface area contributed by atoms with Crippen LogP contribution >= 0.6 is 34.8 Å². The Morgan fingerprint density at radius 3 is 1.57 bits per heavy atom. The number of rotatable bonds is 0. The number of carbonyl (C=O) groups excluding carboxylic acids is 1. The van der Waals surface area contributed by atoms with Gasteiger partial charge in [-0.2, -0.15) is 0 Å². The molecule has 0 aliphatic heterocycles. The number of halogens is 3. The summed E-state index contributed by atoms with van der Waals surface area (Å²) in [5, 5.41) is 0. The normalized spacial score (nSPS) is 11.6. The predicted octanol–water partition coefficient (Wildman–Crippen LogP) is 1.05.